The molecule has 0 aliphatic carbocycles. The van der Waals surface area contributed by atoms with E-state index in [1.165, 1.54) is 6.08 Å². The van der Waals surface area contributed by atoms with Crippen molar-refractivity contribution in [1.82, 2.24) is 4.98 Å². The van der Waals surface area contributed by atoms with Crippen LogP contribution in [-0.4, -0.2) is 10.9 Å². The van der Waals surface area contributed by atoms with Crippen LogP contribution in [-0.2, 0) is 4.79 Å². The van der Waals surface area contributed by atoms with Crippen molar-refractivity contribution in [3.8, 4) is 22.8 Å². The maximum atomic E-state index is 12.5. The highest BCUT2D eigenvalue weighted by Crippen LogP contribution is 2.33. The van der Waals surface area contributed by atoms with Gasteiger partial charge in [-0.15, -0.1) is 0 Å². The predicted octanol–water partition coefficient (Wildman–Crippen LogP) is 8.37. The predicted molar refractivity (Wildman–Crippen MR) is 136 cm³/mol. The molecule has 0 unspecified atom stereocenters. The molecule has 168 valence electrons. The Morgan fingerprint density at radius 2 is 1.71 bits per heavy atom. The number of carbonyl (C=O) groups excluding carboxylic acids is 1. The average molecular weight is 510 g/mol. The van der Waals surface area contributed by atoms with Gasteiger partial charge in [0.15, 0.2) is 5.58 Å². The molecule has 2 heterocycles. The Kier molecular flexibility index (Phi) is 6.16. The molecule has 5 nitrogen and oxygen atoms in total. The van der Waals surface area contributed by atoms with Crippen LogP contribution < -0.4 is 5.32 Å². The Morgan fingerprint density at radius 3 is 2.53 bits per heavy atom. The van der Waals surface area contributed by atoms with Crippen molar-refractivity contribution in [2.75, 3.05) is 5.32 Å². The summed E-state index contributed by atoms with van der Waals surface area (Å²) < 4.78 is 11.6. The van der Waals surface area contributed by atoms with Crippen LogP contribution in [0.25, 0.3) is 40.0 Å². The van der Waals surface area contributed by atoms with Gasteiger partial charge >= 0.3 is 0 Å². The molecule has 8 heteroatoms. The first kappa shape index (κ1) is 22.3. The van der Waals surface area contributed by atoms with Crippen molar-refractivity contribution in [2.45, 2.75) is 0 Å². The monoisotopic (exact) mass is 508 g/mol. The molecule has 5 rings (SSSR count). The minimum absolute atomic E-state index is 0.340. The Balaban J connectivity index is 1.31. The van der Waals surface area contributed by atoms with Gasteiger partial charge in [0.1, 0.15) is 17.0 Å². The lowest BCUT2D eigenvalue weighted by atomic mass is 10.2. The Morgan fingerprint density at radius 1 is 0.853 bits per heavy atom. The Hall–Kier alpha value is -3.51. The molecule has 5 aromatic rings. The third-order valence-corrected chi connectivity index (χ3v) is 5.86. The summed E-state index contributed by atoms with van der Waals surface area (Å²) in [4.78, 5) is 17.0. The molecule has 2 aromatic heterocycles. The lowest BCUT2D eigenvalue weighted by Gasteiger charge is -2.05. The zero-order chi connectivity index (χ0) is 23.7. The molecule has 0 fully saturated rings. The molecule has 0 aliphatic heterocycles. The molecule has 1 amide bonds. The number of benzene rings is 3. The summed E-state index contributed by atoms with van der Waals surface area (Å²) in [5, 5.41) is 4.29. The lowest BCUT2D eigenvalue weighted by Crippen LogP contribution is -2.07. The number of carbonyl (C=O) groups is 1. The van der Waals surface area contributed by atoms with Gasteiger partial charge in [0.2, 0.25) is 11.8 Å². The fourth-order valence-corrected chi connectivity index (χ4v) is 4.07. The van der Waals surface area contributed by atoms with Gasteiger partial charge in [0, 0.05) is 22.3 Å². The molecule has 0 saturated heterocycles. The van der Waals surface area contributed by atoms with Crippen LogP contribution >= 0.6 is 34.8 Å². The molecular formula is C26H15Cl3N2O3. The third kappa shape index (κ3) is 4.73. The summed E-state index contributed by atoms with van der Waals surface area (Å²) in [6.45, 7) is 0. The third-order valence-electron chi connectivity index (χ3n) is 4.98. The second-order valence-corrected chi connectivity index (χ2v) is 8.58. The number of furan rings is 1. The summed E-state index contributed by atoms with van der Waals surface area (Å²) in [6, 6.07) is 21.2. The maximum Gasteiger partial charge on any atom is 0.248 e. The van der Waals surface area contributed by atoms with Gasteiger partial charge in [0.05, 0.1) is 15.6 Å². The fourth-order valence-electron chi connectivity index (χ4n) is 3.37. The van der Waals surface area contributed by atoms with Crippen molar-refractivity contribution in [3.63, 3.8) is 0 Å². The van der Waals surface area contributed by atoms with Gasteiger partial charge in [-0.2, -0.15) is 0 Å². The zero-order valence-electron chi connectivity index (χ0n) is 17.4. The summed E-state index contributed by atoms with van der Waals surface area (Å²) in [7, 11) is 0. The summed E-state index contributed by atoms with van der Waals surface area (Å²) >= 11 is 18.5. The van der Waals surface area contributed by atoms with Crippen molar-refractivity contribution in [1.29, 1.82) is 0 Å². The molecule has 0 aliphatic rings. The van der Waals surface area contributed by atoms with Crippen LogP contribution in [0.5, 0.6) is 0 Å². The van der Waals surface area contributed by atoms with Crippen LogP contribution in [0.3, 0.4) is 0 Å². The minimum Gasteiger partial charge on any atom is -0.457 e. The highest BCUT2D eigenvalue weighted by Gasteiger charge is 2.13. The van der Waals surface area contributed by atoms with Crippen LogP contribution in [0.4, 0.5) is 5.69 Å². The van der Waals surface area contributed by atoms with E-state index in [0.717, 1.165) is 5.52 Å². The highest BCUT2D eigenvalue weighted by molar-refractivity contribution is 6.36. The van der Waals surface area contributed by atoms with Gasteiger partial charge in [-0.1, -0.05) is 46.9 Å². The van der Waals surface area contributed by atoms with Crippen molar-refractivity contribution < 1.29 is 13.6 Å². The second kappa shape index (κ2) is 9.39. The standard InChI is InChI=1S/C26H15Cl3N2O3/c27-15-5-9-18(21(29)13-15)23-11-7-17(33-23)8-12-25(32)30-16-6-10-20(28)19(14-16)26-31-22-3-1-2-4-24(22)34-26/h1-14H,(H,30,32)/b12-8+. The first-order valence-electron chi connectivity index (χ1n) is 10.2. The van der Waals surface area contributed by atoms with Crippen LogP contribution in [0.2, 0.25) is 15.1 Å². The summed E-state index contributed by atoms with van der Waals surface area (Å²) in [5.41, 5.74) is 3.22. The number of hydrogen-bond acceptors (Lipinski definition) is 4. The number of nitrogens with zero attached hydrogens (tertiary/aromatic N) is 1. The van der Waals surface area contributed by atoms with E-state index in [-0.39, 0.29) is 5.91 Å². The van der Waals surface area contributed by atoms with E-state index in [4.69, 9.17) is 43.6 Å². The molecule has 0 saturated carbocycles. The smallest absolute Gasteiger partial charge is 0.248 e. The number of hydrogen-bond donors (Lipinski definition) is 1. The summed E-state index contributed by atoms with van der Waals surface area (Å²) in [5.74, 6) is 1.11. The van der Waals surface area contributed by atoms with Crippen molar-refractivity contribution >= 4 is 63.6 Å². The van der Waals surface area contributed by atoms with Crippen molar-refractivity contribution in [3.05, 3.63) is 99.7 Å². The van der Waals surface area contributed by atoms with E-state index >= 15 is 0 Å². The van der Waals surface area contributed by atoms with Gasteiger partial charge in [-0.05, 0) is 66.7 Å². The van der Waals surface area contributed by atoms with E-state index in [1.807, 2.05) is 24.3 Å². The SMILES string of the molecule is O=C(/C=C/c1ccc(-c2ccc(Cl)cc2Cl)o1)Nc1ccc(Cl)c(-c2nc3ccccc3o2)c1. The number of oxazole rings is 1. The zero-order valence-corrected chi connectivity index (χ0v) is 19.7. The molecule has 34 heavy (non-hydrogen) atoms. The molecule has 1 N–H and O–H groups in total. The molecule has 0 spiro atoms. The van der Waals surface area contributed by atoms with E-state index in [0.29, 0.717) is 54.9 Å². The van der Waals surface area contributed by atoms with Crippen LogP contribution in [0.15, 0.2) is 87.7 Å². The van der Waals surface area contributed by atoms with E-state index in [2.05, 4.69) is 10.3 Å². The van der Waals surface area contributed by atoms with Gasteiger partial charge in [0.25, 0.3) is 0 Å². The average Bonchev–Trinajstić information content (AvgIpc) is 3.46. The Bertz CT molecular complexity index is 1520. The first-order chi connectivity index (χ1) is 16.5. The lowest BCUT2D eigenvalue weighted by molar-refractivity contribution is -0.111. The van der Waals surface area contributed by atoms with Crippen molar-refractivity contribution in [2.24, 2.45) is 0 Å². The fraction of sp³-hybridized carbons (Fsp3) is 0. The number of amides is 1. The van der Waals surface area contributed by atoms with Crippen LogP contribution in [0, 0.1) is 0 Å². The second-order valence-electron chi connectivity index (χ2n) is 7.33. The minimum atomic E-state index is -0.340. The highest BCUT2D eigenvalue weighted by atomic mass is 35.5. The number of nitrogens with one attached hydrogen (secondary N) is 1. The van der Waals surface area contributed by atoms with Gasteiger partial charge in [-0.25, -0.2) is 4.98 Å². The van der Waals surface area contributed by atoms with Gasteiger partial charge < -0.3 is 14.2 Å². The number of fused-ring (bicyclic) bond motifs is 1. The van der Waals surface area contributed by atoms with Gasteiger partial charge in [-0.3, -0.25) is 4.79 Å². The number of rotatable bonds is 5. The topological polar surface area (TPSA) is 68.3 Å². The quantitative estimate of drug-likeness (QED) is 0.242. The molecule has 0 radical (unpaired) electrons. The number of anilines is 1. The van der Waals surface area contributed by atoms with E-state index in [1.54, 1.807) is 54.6 Å². The first-order valence-corrected chi connectivity index (χ1v) is 11.3. The number of aromatic nitrogens is 1. The summed E-state index contributed by atoms with van der Waals surface area (Å²) in [6.07, 6.45) is 2.94. The van der Waals surface area contributed by atoms with Crippen LogP contribution in [0.1, 0.15) is 5.76 Å². The molecule has 3 aromatic carbocycles. The van der Waals surface area contributed by atoms with E-state index < -0.39 is 0 Å². The Labute approximate surface area is 209 Å². The number of halogens is 3. The molecular weight excluding hydrogens is 495 g/mol. The molecule has 0 bridgehead atoms. The maximum absolute atomic E-state index is 12.5. The largest absolute Gasteiger partial charge is 0.457 e. The van der Waals surface area contributed by atoms with E-state index in [9.17, 15) is 4.79 Å². The normalized spacial score (nSPS) is 11.4. The molecule has 0 atom stereocenters. The number of para-hydroxylation sites is 2.